The van der Waals surface area contributed by atoms with Crippen molar-refractivity contribution in [1.29, 1.82) is 0 Å². The molecule has 1 heterocycles. The highest BCUT2D eigenvalue weighted by Crippen LogP contribution is 2.42. The van der Waals surface area contributed by atoms with Crippen LogP contribution in [-0.4, -0.2) is 131 Å². The minimum atomic E-state index is -1.62. The Morgan fingerprint density at radius 1 is 1.14 bits per heavy atom. The lowest BCUT2D eigenvalue weighted by Crippen LogP contribution is -2.56. The van der Waals surface area contributed by atoms with Gasteiger partial charge in [0, 0.05) is 31.2 Å². The van der Waals surface area contributed by atoms with E-state index in [0.29, 0.717) is 19.4 Å². The summed E-state index contributed by atoms with van der Waals surface area (Å²) in [6.07, 6.45) is -6.58. The first-order valence-corrected chi connectivity index (χ1v) is 12.4. The predicted molar refractivity (Wildman–Crippen MR) is 123 cm³/mol. The number of nitrogens with one attached hydrogen (secondary N) is 3. The van der Waals surface area contributed by atoms with Crippen LogP contribution in [0.1, 0.15) is 25.7 Å². The average Bonchev–Trinajstić information content (AvgIpc) is 3.57. The van der Waals surface area contributed by atoms with Crippen molar-refractivity contribution in [3.05, 3.63) is 0 Å². The lowest BCUT2D eigenvalue weighted by Gasteiger charge is -2.37. The minimum Gasteiger partial charge on any atom is -0.396 e. The van der Waals surface area contributed by atoms with Gasteiger partial charge in [0.25, 0.3) is 0 Å². The fourth-order valence-corrected chi connectivity index (χ4v) is 5.26. The predicted octanol–water partition coefficient (Wildman–Crippen LogP) is -4.67. The third-order valence-corrected chi connectivity index (χ3v) is 7.38. The molecule has 12 unspecified atom stereocenters. The van der Waals surface area contributed by atoms with E-state index >= 15 is 0 Å². The second-order valence-electron chi connectivity index (χ2n) is 9.89. The number of hydrogen-bond donors (Lipinski definition) is 10. The van der Waals surface area contributed by atoms with Crippen molar-refractivity contribution < 1.29 is 44.9 Å². The molecular weight excluding hydrogens is 464 g/mol. The summed E-state index contributed by atoms with van der Waals surface area (Å²) in [4.78, 5) is 12.4. The monoisotopic (exact) mass is 506 g/mol. The fraction of sp³-hybridized carbons (Fsp3) is 0.955. The number of aliphatic hydroxyl groups excluding tert-OH is 6. The van der Waals surface area contributed by atoms with Crippen LogP contribution in [0.4, 0.5) is 0 Å². The smallest absolute Gasteiger partial charge is 0.224 e. The standard InChI is InChI=1S/C22H42N4O9/c1-24-13-7-11(23)6-12(13)21(32)25-3-2-4-26-22(33)17(31)19(14(29)9-28)34-15-5-10(8-27)18-20(35-18)16(15)30/h10-20,22,24,26-31,33H,2-9,23H2,1H3,(H,25,32). The molecule has 2 aliphatic carbocycles. The molecule has 3 aliphatic rings. The Hall–Kier alpha value is -0.970. The number of hydrogen-bond acceptors (Lipinski definition) is 12. The zero-order valence-corrected chi connectivity index (χ0v) is 20.1. The second-order valence-corrected chi connectivity index (χ2v) is 9.89. The molecule has 3 fully saturated rings. The summed E-state index contributed by atoms with van der Waals surface area (Å²) in [6.45, 7) is -0.285. The maximum atomic E-state index is 12.4. The summed E-state index contributed by atoms with van der Waals surface area (Å²) in [5, 5.41) is 69.2. The van der Waals surface area contributed by atoms with Crippen molar-refractivity contribution >= 4 is 5.91 Å². The van der Waals surface area contributed by atoms with Crippen molar-refractivity contribution in [3.8, 4) is 0 Å². The molecule has 0 aromatic rings. The molecule has 11 N–H and O–H groups in total. The molecule has 13 heteroatoms. The van der Waals surface area contributed by atoms with Gasteiger partial charge in [-0.2, -0.15) is 0 Å². The first kappa shape index (κ1) is 28.6. The number of aliphatic hydroxyl groups is 6. The van der Waals surface area contributed by atoms with Crippen LogP contribution < -0.4 is 21.7 Å². The van der Waals surface area contributed by atoms with Crippen molar-refractivity contribution in [2.75, 3.05) is 33.4 Å². The lowest BCUT2D eigenvalue weighted by molar-refractivity contribution is -0.192. The Morgan fingerprint density at radius 3 is 2.54 bits per heavy atom. The number of fused-ring (bicyclic) bond motifs is 1. The van der Waals surface area contributed by atoms with Crippen molar-refractivity contribution in [3.63, 3.8) is 0 Å². The van der Waals surface area contributed by atoms with Gasteiger partial charge in [-0.05, 0) is 39.3 Å². The van der Waals surface area contributed by atoms with E-state index in [-0.39, 0.29) is 55.5 Å². The fourth-order valence-electron chi connectivity index (χ4n) is 5.26. The number of ether oxygens (including phenoxy) is 2. The molecule has 12 atom stereocenters. The number of carbonyl (C=O) groups excluding carboxylic acids is 1. The number of carbonyl (C=O) groups is 1. The van der Waals surface area contributed by atoms with Crippen LogP contribution in [0.5, 0.6) is 0 Å². The Morgan fingerprint density at radius 2 is 1.89 bits per heavy atom. The highest BCUT2D eigenvalue weighted by atomic mass is 16.6. The van der Waals surface area contributed by atoms with Gasteiger partial charge in [0.05, 0.1) is 24.7 Å². The van der Waals surface area contributed by atoms with Gasteiger partial charge in [-0.3, -0.25) is 10.1 Å². The van der Waals surface area contributed by atoms with Gasteiger partial charge in [0.15, 0.2) is 0 Å². The Labute approximate surface area is 205 Å². The van der Waals surface area contributed by atoms with Crippen molar-refractivity contribution in [2.45, 2.75) is 86.7 Å². The van der Waals surface area contributed by atoms with E-state index in [9.17, 15) is 35.4 Å². The molecule has 204 valence electrons. The van der Waals surface area contributed by atoms with E-state index in [0.717, 1.165) is 6.42 Å². The van der Waals surface area contributed by atoms with Crippen LogP contribution in [0.15, 0.2) is 0 Å². The van der Waals surface area contributed by atoms with Crippen LogP contribution in [0.3, 0.4) is 0 Å². The molecule has 0 radical (unpaired) electrons. The number of amides is 1. The van der Waals surface area contributed by atoms with Crippen LogP contribution >= 0.6 is 0 Å². The summed E-state index contributed by atoms with van der Waals surface area (Å²) in [5.74, 6) is -0.518. The molecule has 3 rings (SSSR count). The van der Waals surface area contributed by atoms with Gasteiger partial charge in [-0.25, -0.2) is 0 Å². The highest BCUT2D eigenvalue weighted by Gasteiger charge is 2.57. The topological polar surface area (TPSA) is 222 Å². The molecule has 0 spiro atoms. The van der Waals surface area contributed by atoms with Gasteiger partial charge in [0.1, 0.15) is 36.7 Å². The molecule has 2 saturated carbocycles. The van der Waals surface area contributed by atoms with Gasteiger partial charge < -0.3 is 56.5 Å². The van der Waals surface area contributed by atoms with Gasteiger partial charge in [-0.15, -0.1) is 0 Å². The average molecular weight is 507 g/mol. The Balaban J connectivity index is 1.43. The van der Waals surface area contributed by atoms with Crippen LogP contribution in [-0.2, 0) is 14.3 Å². The maximum absolute atomic E-state index is 12.4. The Bertz CT molecular complexity index is 677. The van der Waals surface area contributed by atoms with Crippen LogP contribution in [0.2, 0.25) is 0 Å². The molecular formula is C22H42N4O9. The first-order valence-electron chi connectivity index (χ1n) is 12.4. The molecule has 0 bridgehead atoms. The summed E-state index contributed by atoms with van der Waals surface area (Å²) in [6, 6.07) is 0.0381. The molecule has 1 aliphatic heterocycles. The summed E-state index contributed by atoms with van der Waals surface area (Å²) in [7, 11) is 1.81. The SMILES string of the molecule is CNC1CC(N)CC1C(=O)NCCCNC(O)C(O)C(OC1CC(CO)C2OC2C1O)C(O)CO. The summed E-state index contributed by atoms with van der Waals surface area (Å²) < 4.78 is 11.1. The number of rotatable bonds is 14. The van der Waals surface area contributed by atoms with E-state index in [1.807, 2.05) is 0 Å². The molecule has 1 saturated heterocycles. The van der Waals surface area contributed by atoms with Crippen LogP contribution in [0.25, 0.3) is 0 Å². The van der Waals surface area contributed by atoms with E-state index in [1.54, 1.807) is 7.05 Å². The van der Waals surface area contributed by atoms with Gasteiger partial charge in [-0.1, -0.05) is 0 Å². The van der Waals surface area contributed by atoms with E-state index < -0.39 is 49.5 Å². The number of epoxide rings is 1. The maximum Gasteiger partial charge on any atom is 0.224 e. The molecule has 0 aromatic carbocycles. The minimum absolute atomic E-state index is 0.00610. The third-order valence-electron chi connectivity index (χ3n) is 7.38. The van der Waals surface area contributed by atoms with E-state index in [4.69, 9.17) is 15.2 Å². The lowest BCUT2D eigenvalue weighted by atomic mass is 9.85. The van der Waals surface area contributed by atoms with Crippen molar-refractivity contribution in [2.24, 2.45) is 17.6 Å². The van der Waals surface area contributed by atoms with Crippen molar-refractivity contribution in [1.82, 2.24) is 16.0 Å². The van der Waals surface area contributed by atoms with E-state index in [2.05, 4.69) is 16.0 Å². The molecule has 13 nitrogen and oxygen atoms in total. The molecule has 1 amide bonds. The third kappa shape index (κ3) is 7.08. The molecule has 35 heavy (non-hydrogen) atoms. The zero-order valence-electron chi connectivity index (χ0n) is 20.1. The summed E-state index contributed by atoms with van der Waals surface area (Å²) in [5.41, 5.74) is 5.96. The van der Waals surface area contributed by atoms with Crippen LogP contribution in [0, 0.1) is 11.8 Å². The first-order chi connectivity index (χ1) is 16.7. The molecule has 0 aromatic heterocycles. The highest BCUT2D eigenvalue weighted by molar-refractivity contribution is 5.79. The largest absolute Gasteiger partial charge is 0.396 e. The second kappa shape index (κ2) is 13.0. The number of nitrogens with two attached hydrogens (primary N) is 1. The normalized spacial score (nSPS) is 37.8. The quantitative estimate of drug-likeness (QED) is 0.0610. The van der Waals surface area contributed by atoms with Gasteiger partial charge in [0.2, 0.25) is 5.91 Å². The van der Waals surface area contributed by atoms with E-state index in [1.165, 1.54) is 0 Å². The Kier molecular flexibility index (Phi) is 10.6. The van der Waals surface area contributed by atoms with Gasteiger partial charge >= 0.3 is 0 Å². The zero-order chi connectivity index (χ0) is 25.7. The summed E-state index contributed by atoms with van der Waals surface area (Å²) >= 11 is 0.